The molecule has 1 rings (SSSR count). The first kappa shape index (κ1) is 16.1. The van der Waals surface area contributed by atoms with Crippen molar-refractivity contribution < 1.29 is 5.11 Å². The van der Waals surface area contributed by atoms with E-state index >= 15 is 0 Å². The Morgan fingerprint density at radius 1 is 1.53 bits per heavy atom. The van der Waals surface area contributed by atoms with Gasteiger partial charge in [-0.2, -0.15) is 0 Å². The quantitative estimate of drug-likeness (QED) is 0.736. The van der Waals surface area contributed by atoms with Gasteiger partial charge in [0, 0.05) is 26.2 Å². The zero-order chi connectivity index (χ0) is 14.3. The van der Waals surface area contributed by atoms with Crippen LogP contribution in [0.2, 0.25) is 0 Å². The van der Waals surface area contributed by atoms with Gasteiger partial charge in [0.1, 0.15) is 0 Å². The fourth-order valence-corrected chi connectivity index (χ4v) is 2.83. The lowest BCUT2D eigenvalue weighted by atomic mass is 9.98. The van der Waals surface area contributed by atoms with Crippen LogP contribution >= 0.6 is 11.6 Å². The van der Waals surface area contributed by atoms with Gasteiger partial charge in [-0.15, -0.1) is 0 Å². The number of allylic oxidation sites excluding steroid dienone is 3. The number of nitrogens with zero attached hydrogens (tertiary/aromatic N) is 1. The topological polar surface area (TPSA) is 35.5 Å². The van der Waals surface area contributed by atoms with Crippen molar-refractivity contribution in [2.24, 2.45) is 0 Å². The number of likely N-dealkylation sites (tertiary alicyclic amines) is 1. The summed E-state index contributed by atoms with van der Waals surface area (Å²) < 4.78 is 0. The third-order valence-corrected chi connectivity index (χ3v) is 3.98. The standard InChI is InChI=1S/C15H25ClN2O/c1-4-13(16)15(14(5-2)17-3)18-10-7-6-8-12(18)9-11-19/h4-5,12,17,19H,2,6-11H2,1,3H3/b13-4+,15-14-. The number of rotatable bonds is 6. The Morgan fingerprint density at radius 3 is 2.79 bits per heavy atom. The highest BCUT2D eigenvalue weighted by molar-refractivity contribution is 6.32. The third kappa shape index (κ3) is 4.02. The Hall–Kier alpha value is -0.930. The number of hydrogen-bond donors (Lipinski definition) is 2. The van der Waals surface area contributed by atoms with Crippen molar-refractivity contribution in [2.75, 3.05) is 20.2 Å². The van der Waals surface area contributed by atoms with Crippen LogP contribution in [-0.4, -0.2) is 36.2 Å². The molecule has 1 heterocycles. The Kier molecular flexibility index (Phi) is 7.03. The van der Waals surface area contributed by atoms with Gasteiger partial charge in [-0.3, -0.25) is 0 Å². The summed E-state index contributed by atoms with van der Waals surface area (Å²) in [6.07, 6.45) is 7.96. The smallest absolute Gasteiger partial charge is 0.0790 e. The maximum absolute atomic E-state index is 9.24. The van der Waals surface area contributed by atoms with Crippen LogP contribution in [0.5, 0.6) is 0 Å². The van der Waals surface area contributed by atoms with Gasteiger partial charge in [0.15, 0.2) is 0 Å². The van der Waals surface area contributed by atoms with E-state index in [1.54, 1.807) is 6.08 Å². The first-order valence-corrected chi connectivity index (χ1v) is 7.31. The van der Waals surface area contributed by atoms with E-state index < -0.39 is 0 Å². The van der Waals surface area contributed by atoms with Gasteiger partial charge in [0.25, 0.3) is 0 Å². The highest BCUT2D eigenvalue weighted by Gasteiger charge is 2.26. The van der Waals surface area contributed by atoms with Crippen LogP contribution in [0.3, 0.4) is 0 Å². The van der Waals surface area contributed by atoms with Crippen molar-refractivity contribution in [1.82, 2.24) is 10.2 Å². The number of hydrogen-bond acceptors (Lipinski definition) is 3. The molecule has 1 fully saturated rings. The van der Waals surface area contributed by atoms with Gasteiger partial charge in [0.05, 0.1) is 16.4 Å². The molecule has 3 nitrogen and oxygen atoms in total. The molecular weight excluding hydrogens is 260 g/mol. The van der Waals surface area contributed by atoms with E-state index in [4.69, 9.17) is 11.6 Å². The first-order valence-electron chi connectivity index (χ1n) is 6.93. The number of nitrogens with one attached hydrogen (secondary N) is 1. The number of aliphatic hydroxyl groups is 1. The van der Waals surface area contributed by atoms with Crippen LogP contribution in [0, 0.1) is 0 Å². The van der Waals surface area contributed by atoms with Gasteiger partial charge in [0.2, 0.25) is 0 Å². The van der Waals surface area contributed by atoms with Gasteiger partial charge in [-0.05, 0) is 38.7 Å². The highest BCUT2D eigenvalue weighted by atomic mass is 35.5. The van der Waals surface area contributed by atoms with E-state index in [1.165, 1.54) is 6.42 Å². The molecule has 108 valence electrons. The second-order valence-corrected chi connectivity index (χ2v) is 5.12. The largest absolute Gasteiger partial charge is 0.396 e. The van der Waals surface area contributed by atoms with Crippen molar-refractivity contribution in [1.29, 1.82) is 0 Å². The predicted octanol–water partition coefficient (Wildman–Crippen LogP) is 2.98. The maximum atomic E-state index is 9.24. The van der Waals surface area contributed by atoms with Crippen molar-refractivity contribution in [3.63, 3.8) is 0 Å². The number of piperidine rings is 1. The monoisotopic (exact) mass is 284 g/mol. The molecule has 0 spiro atoms. The molecule has 1 atom stereocenters. The summed E-state index contributed by atoms with van der Waals surface area (Å²) in [7, 11) is 1.88. The highest BCUT2D eigenvalue weighted by Crippen LogP contribution is 2.30. The van der Waals surface area contributed by atoms with Crippen molar-refractivity contribution in [3.05, 3.63) is 35.2 Å². The van der Waals surface area contributed by atoms with Crippen LogP contribution < -0.4 is 5.32 Å². The molecule has 0 radical (unpaired) electrons. The number of aliphatic hydroxyl groups excluding tert-OH is 1. The lowest BCUT2D eigenvalue weighted by molar-refractivity contribution is 0.155. The summed E-state index contributed by atoms with van der Waals surface area (Å²) >= 11 is 6.39. The van der Waals surface area contributed by atoms with E-state index in [9.17, 15) is 5.11 Å². The average molecular weight is 285 g/mol. The van der Waals surface area contributed by atoms with Gasteiger partial charge in [-0.1, -0.05) is 24.3 Å². The summed E-state index contributed by atoms with van der Waals surface area (Å²) in [6.45, 7) is 6.98. The summed E-state index contributed by atoms with van der Waals surface area (Å²) in [5.74, 6) is 0. The Bertz CT molecular complexity index is 361. The second-order valence-electron chi connectivity index (χ2n) is 4.71. The summed E-state index contributed by atoms with van der Waals surface area (Å²) in [6, 6.07) is 0.353. The van der Waals surface area contributed by atoms with Crippen molar-refractivity contribution in [2.45, 2.75) is 38.6 Å². The lowest BCUT2D eigenvalue weighted by Gasteiger charge is -2.39. The van der Waals surface area contributed by atoms with E-state index in [0.29, 0.717) is 6.04 Å². The minimum Gasteiger partial charge on any atom is -0.396 e. The van der Waals surface area contributed by atoms with E-state index in [-0.39, 0.29) is 6.61 Å². The number of likely N-dealkylation sites (N-methyl/N-ethyl adjacent to an activating group) is 1. The summed E-state index contributed by atoms with van der Waals surface area (Å²) in [4.78, 5) is 2.32. The molecule has 19 heavy (non-hydrogen) atoms. The van der Waals surface area contributed by atoms with Crippen molar-refractivity contribution in [3.8, 4) is 0 Å². The minimum absolute atomic E-state index is 0.213. The lowest BCUT2D eigenvalue weighted by Crippen LogP contribution is -2.40. The first-order chi connectivity index (χ1) is 9.19. The normalized spacial score (nSPS) is 22.0. The SMILES string of the molecule is C=C/C(NC)=C(\C(Cl)=C/C)N1CCCCC1CCO. The van der Waals surface area contributed by atoms with E-state index in [1.807, 2.05) is 20.0 Å². The van der Waals surface area contributed by atoms with Crippen LogP contribution in [-0.2, 0) is 0 Å². The zero-order valence-corrected chi connectivity index (χ0v) is 12.7. The molecule has 1 unspecified atom stereocenters. The van der Waals surface area contributed by atoms with Crippen LogP contribution in [0.25, 0.3) is 0 Å². The number of halogens is 1. The van der Waals surface area contributed by atoms with Crippen molar-refractivity contribution >= 4 is 11.6 Å². The van der Waals surface area contributed by atoms with E-state index in [0.717, 1.165) is 42.2 Å². The van der Waals surface area contributed by atoms with Gasteiger partial charge in [-0.25, -0.2) is 0 Å². The molecule has 0 aromatic heterocycles. The second kappa shape index (κ2) is 8.28. The van der Waals surface area contributed by atoms with Crippen LogP contribution in [0.15, 0.2) is 35.2 Å². The maximum Gasteiger partial charge on any atom is 0.0790 e. The summed E-state index contributed by atoms with van der Waals surface area (Å²) in [5.41, 5.74) is 1.94. The third-order valence-electron chi connectivity index (χ3n) is 3.58. The fraction of sp³-hybridized carbons (Fsp3) is 0.600. The fourth-order valence-electron chi connectivity index (χ4n) is 2.62. The van der Waals surface area contributed by atoms with Gasteiger partial charge >= 0.3 is 0 Å². The molecule has 1 aliphatic rings. The van der Waals surface area contributed by atoms with Crippen LogP contribution in [0.4, 0.5) is 0 Å². The zero-order valence-electron chi connectivity index (χ0n) is 12.0. The molecule has 0 saturated carbocycles. The molecule has 1 saturated heterocycles. The van der Waals surface area contributed by atoms with E-state index in [2.05, 4.69) is 16.8 Å². The molecule has 0 bridgehead atoms. The molecular formula is C15H25ClN2O. The molecule has 4 heteroatoms. The molecule has 2 N–H and O–H groups in total. The molecule has 0 aromatic carbocycles. The molecule has 0 amide bonds. The predicted molar refractivity (Wildman–Crippen MR) is 81.9 cm³/mol. The minimum atomic E-state index is 0.213. The summed E-state index contributed by atoms with van der Waals surface area (Å²) in [5, 5.41) is 13.1. The van der Waals surface area contributed by atoms with Gasteiger partial charge < -0.3 is 15.3 Å². The Labute approximate surface area is 121 Å². The molecule has 1 aliphatic heterocycles. The van der Waals surface area contributed by atoms with Crippen LogP contribution in [0.1, 0.15) is 32.6 Å². The average Bonchev–Trinajstić information content (AvgIpc) is 2.45. The molecule has 0 aliphatic carbocycles. The molecule has 0 aromatic rings. The Balaban J connectivity index is 3.14. The Morgan fingerprint density at radius 2 is 2.26 bits per heavy atom.